The molecule has 5 heteroatoms. The van der Waals surface area contributed by atoms with Crippen LogP contribution in [0.15, 0.2) is 173 Å². The molecule has 240 valence electrons. The van der Waals surface area contributed by atoms with Gasteiger partial charge in [-0.3, -0.25) is 4.99 Å². The summed E-state index contributed by atoms with van der Waals surface area (Å²) in [6, 6.07) is 54.7. The molecule has 0 aliphatic heterocycles. The third-order valence-electron chi connectivity index (χ3n) is 9.00. The Bertz CT molecular complexity index is 2570. The van der Waals surface area contributed by atoms with Crippen LogP contribution in [0.1, 0.15) is 16.7 Å². The van der Waals surface area contributed by atoms with Crippen molar-refractivity contribution >= 4 is 60.7 Å². The van der Waals surface area contributed by atoms with Gasteiger partial charge in [-0.05, 0) is 64.0 Å². The van der Waals surface area contributed by atoms with Crippen LogP contribution in [-0.4, -0.2) is 25.5 Å². The average molecular weight is 664 g/mol. The molecule has 0 radical (unpaired) electrons. The van der Waals surface area contributed by atoms with E-state index in [-0.39, 0.29) is 0 Å². The number of amidine groups is 2. The lowest BCUT2D eigenvalue weighted by molar-refractivity contribution is 0.416. The third-order valence-corrected chi connectivity index (χ3v) is 10.1. The zero-order valence-corrected chi connectivity index (χ0v) is 28.4. The molecule has 0 amide bonds. The van der Waals surface area contributed by atoms with Crippen LogP contribution in [0.2, 0.25) is 0 Å². The number of hydrogen-bond donors (Lipinski definition) is 0. The number of thiophene rings is 1. The molecule has 0 N–H and O–H groups in total. The first-order valence-electron chi connectivity index (χ1n) is 16.5. The first kappa shape index (κ1) is 31.1. The van der Waals surface area contributed by atoms with Crippen molar-refractivity contribution in [1.82, 2.24) is 0 Å². The van der Waals surface area contributed by atoms with E-state index in [1.54, 1.807) is 18.4 Å². The number of nitrogens with zero attached hydrogens (tertiary/aromatic N) is 3. The van der Waals surface area contributed by atoms with Gasteiger partial charge in [0.25, 0.3) is 0 Å². The second-order valence-electron chi connectivity index (χ2n) is 12.0. The fourth-order valence-electron chi connectivity index (χ4n) is 6.56. The Morgan fingerprint density at radius 1 is 0.600 bits per heavy atom. The van der Waals surface area contributed by atoms with Crippen LogP contribution in [-0.2, 0) is 6.54 Å². The molecule has 4 nitrogen and oxygen atoms in total. The molecule has 8 rings (SSSR count). The highest BCUT2D eigenvalue weighted by atomic mass is 32.1. The second kappa shape index (κ2) is 13.7. The second-order valence-corrected chi connectivity index (χ2v) is 13.1. The summed E-state index contributed by atoms with van der Waals surface area (Å²) in [6.45, 7) is 4.47. The van der Waals surface area contributed by atoms with Crippen LogP contribution in [0.4, 0.5) is 0 Å². The summed E-state index contributed by atoms with van der Waals surface area (Å²) in [5.41, 5.74) is 7.07. The lowest BCUT2D eigenvalue weighted by atomic mass is 9.95. The Morgan fingerprint density at radius 3 is 2.10 bits per heavy atom. The zero-order chi connectivity index (χ0) is 33.9. The molecule has 0 saturated heterocycles. The van der Waals surface area contributed by atoms with Crippen molar-refractivity contribution in [3.05, 3.63) is 174 Å². The van der Waals surface area contributed by atoms with E-state index in [0.717, 1.165) is 44.5 Å². The number of ether oxygens (including phenoxy) is 1. The van der Waals surface area contributed by atoms with Gasteiger partial charge < -0.3 is 4.74 Å². The normalized spacial score (nSPS) is 12.1. The summed E-state index contributed by atoms with van der Waals surface area (Å²) >= 11 is 1.78. The van der Waals surface area contributed by atoms with Crippen LogP contribution in [0.3, 0.4) is 0 Å². The predicted molar refractivity (Wildman–Crippen MR) is 213 cm³/mol. The summed E-state index contributed by atoms with van der Waals surface area (Å²) in [7, 11) is 1.69. The number of rotatable bonds is 7. The fraction of sp³-hybridized carbons (Fsp3) is 0.0444. The molecule has 1 aromatic heterocycles. The fourth-order valence-corrected chi connectivity index (χ4v) is 7.69. The maximum atomic E-state index is 5.94. The van der Waals surface area contributed by atoms with Crippen LogP contribution in [0.25, 0.3) is 53.2 Å². The molecule has 8 aromatic rings. The molecule has 50 heavy (non-hydrogen) atoms. The smallest absolute Gasteiger partial charge is 0.161 e. The van der Waals surface area contributed by atoms with Crippen molar-refractivity contribution in [1.29, 1.82) is 0 Å². The van der Waals surface area contributed by atoms with Gasteiger partial charge in [0.1, 0.15) is 5.75 Å². The first-order valence-corrected chi connectivity index (χ1v) is 17.3. The summed E-state index contributed by atoms with van der Waals surface area (Å²) in [4.78, 5) is 14.9. The van der Waals surface area contributed by atoms with E-state index in [4.69, 9.17) is 14.7 Å². The first-order chi connectivity index (χ1) is 24.7. The monoisotopic (exact) mass is 663 g/mol. The molecule has 1 heterocycles. The number of benzene rings is 7. The highest BCUT2D eigenvalue weighted by Crippen LogP contribution is 2.38. The van der Waals surface area contributed by atoms with E-state index in [2.05, 4.69) is 133 Å². The molecule has 0 atom stereocenters. The minimum Gasteiger partial charge on any atom is -0.496 e. The Labute approximate surface area is 295 Å². The van der Waals surface area contributed by atoms with Gasteiger partial charge in [-0.2, -0.15) is 0 Å². The van der Waals surface area contributed by atoms with Crippen molar-refractivity contribution < 1.29 is 4.74 Å². The van der Waals surface area contributed by atoms with E-state index >= 15 is 0 Å². The predicted octanol–water partition coefficient (Wildman–Crippen LogP) is 11.6. The molecule has 0 unspecified atom stereocenters. The van der Waals surface area contributed by atoms with Gasteiger partial charge in [-0.15, -0.1) is 11.3 Å². The highest BCUT2D eigenvalue weighted by molar-refractivity contribution is 7.25. The van der Waals surface area contributed by atoms with Gasteiger partial charge in [0, 0.05) is 36.9 Å². The average Bonchev–Trinajstić information content (AvgIpc) is 3.57. The molecular formula is C45H33N3OS. The van der Waals surface area contributed by atoms with Crippen molar-refractivity contribution in [2.24, 2.45) is 15.0 Å². The molecule has 0 spiro atoms. The molecule has 0 fully saturated rings. The molecule has 7 aromatic carbocycles. The number of methoxy groups -OCH3 is 1. The van der Waals surface area contributed by atoms with Crippen molar-refractivity contribution in [3.63, 3.8) is 0 Å². The molecular weight excluding hydrogens is 631 g/mol. The summed E-state index contributed by atoms with van der Waals surface area (Å²) < 4.78 is 8.36. The lowest BCUT2D eigenvalue weighted by Gasteiger charge is -2.15. The van der Waals surface area contributed by atoms with E-state index in [0.29, 0.717) is 18.2 Å². The van der Waals surface area contributed by atoms with Crippen LogP contribution in [0.5, 0.6) is 5.75 Å². The van der Waals surface area contributed by atoms with Gasteiger partial charge in [-0.1, -0.05) is 133 Å². The lowest BCUT2D eigenvalue weighted by Crippen LogP contribution is -2.08. The standard InChI is InChI=1S/C45H33N3OS/c1-46-44(48-45(47-29-30-12-4-3-5-13-30)38-18-11-21-41-43(38)36-16-8-9-20-40(36)50-41)37-17-10-19-39(49-2)42(37)33-25-22-32(23-26-33)35-27-24-31-14-6-7-15-34(31)28-35/h3-28H,1,29H2,2H3/b47-45-,48-44-. The Hall–Kier alpha value is -6.17. The van der Waals surface area contributed by atoms with Gasteiger partial charge in [0.05, 0.1) is 13.7 Å². The zero-order valence-electron chi connectivity index (χ0n) is 27.6. The van der Waals surface area contributed by atoms with E-state index in [1.807, 2.05) is 36.4 Å². The maximum Gasteiger partial charge on any atom is 0.161 e. The summed E-state index contributed by atoms with van der Waals surface area (Å²) in [5, 5.41) is 4.77. The number of fused-ring (bicyclic) bond motifs is 4. The van der Waals surface area contributed by atoms with Crippen LogP contribution in [0, 0.1) is 0 Å². The van der Waals surface area contributed by atoms with Gasteiger partial charge in [-0.25, -0.2) is 9.98 Å². The van der Waals surface area contributed by atoms with Crippen molar-refractivity contribution in [3.8, 4) is 28.0 Å². The highest BCUT2D eigenvalue weighted by Gasteiger charge is 2.19. The van der Waals surface area contributed by atoms with Gasteiger partial charge in [0.15, 0.2) is 11.7 Å². The number of hydrogen-bond acceptors (Lipinski definition) is 3. The summed E-state index contributed by atoms with van der Waals surface area (Å²) in [6.07, 6.45) is 0. The molecule has 0 aliphatic rings. The SMILES string of the molecule is C=N/C(=N\C(=N/Cc1ccccc1)c1cccc2sc3ccccc3c12)c1cccc(OC)c1-c1ccc(-c2ccc3ccccc3c2)cc1. The Morgan fingerprint density at radius 2 is 1.28 bits per heavy atom. The Balaban J connectivity index is 1.26. The minimum atomic E-state index is 0.473. The Kier molecular flexibility index (Phi) is 8.56. The van der Waals surface area contributed by atoms with Gasteiger partial charge in [0.2, 0.25) is 0 Å². The quantitative estimate of drug-likeness (QED) is 0.124. The van der Waals surface area contributed by atoms with E-state index in [9.17, 15) is 0 Å². The minimum absolute atomic E-state index is 0.473. The molecule has 0 bridgehead atoms. The van der Waals surface area contributed by atoms with Crippen molar-refractivity contribution in [2.75, 3.05) is 7.11 Å². The maximum absolute atomic E-state index is 5.94. The van der Waals surface area contributed by atoms with Gasteiger partial charge >= 0.3 is 0 Å². The summed E-state index contributed by atoms with van der Waals surface area (Å²) in [5.74, 6) is 1.80. The molecule has 0 saturated carbocycles. The van der Waals surface area contributed by atoms with Crippen LogP contribution >= 0.6 is 11.3 Å². The van der Waals surface area contributed by atoms with E-state index < -0.39 is 0 Å². The number of aliphatic imine (C=N–C) groups is 3. The third kappa shape index (κ3) is 6.00. The van der Waals surface area contributed by atoms with Crippen LogP contribution < -0.4 is 4.74 Å². The van der Waals surface area contributed by atoms with E-state index in [1.165, 1.54) is 31.1 Å². The molecule has 0 aliphatic carbocycles. The largest absolute Gasteiger partial charge is 0.496 e. The van der Waals surface area contributed by atoms with Crippen molar-refractivity contribution in [2.45, 2.75) is 6.54 Å². The topological polar surface area (TPSA) is 46.3 Å².